The van der Waals surface area contributed by atoms with Gasteiger partial charge in [-0.1, -0.05) is 42.5 Å². The third kappa shape index (κ3) is 3.48. The summed E-state index contributed by atoms with van der Waals surface area (Å²) in [5, 5.41) is 3.01. The molecular weight excluding hydrogens is 310 g/mol. The summed E-state index contributed by atoms with van der Waals surface area (Å²) < 4.78 is 2.27. The normalized spacial score (nSPS) is 12.8. The lowest BCUT2D eigenvalue weighted by Crippen LogP contribution is -2.12. The summed E-state index contributed by atoms with van der Waals surface area (Å²) in [5.74, 6) is 1.20. The summed E-state index contributed by atoms with van der Waals surface area (Å²) in [6.45, 7) is 1.03. The molecule has 4 heteroatoms. The van der Waals surface area contributed by atoms with Crippen LogP contribution in [0.15, 0.2) is 60.8 Å². The van der Waals surface area contributed by atoms with Crippen LogP contribution >= 0.6 is 0 Å². The van der Waals surface area contributed by atoms with E-state index in [-0.39, 0.29) is 5.91 Å². The number of carbonyl (C=O) groups excluding carboxylic acids is 1. The Kier molecular flexibility index (Phi) is 4.34. The minimum atomic E-state index is 0.0412. The number of benzene rings is 2. The van der Waals surface area contributed by atoms with Crippen LogP contribution in [0.5, 0.6) is 0 Å². The minimum Gasteiger partial charge on any atom is -0.328 e. The Labute approximate surface area is 147 Å². The fourth-order valence-corrected chi connectivity index (χ4v) is 3.37. The van der Waals surface area contributed by atoms with Crippen molar-refractivity contribution in [2.75, 3.05) is 5.32 Å². The molecular formula is C21H21N3O. The van der Waals surface area contributed by atoms with Gasteiger partial charge < -0.3 is 9.88 Å². The molecule has 1 N–H and O–H groups in total. The first-order valence-corrected chi connectivity index (χ1v) is 8.78. The van der Waals surface area contributed by atoms with Crippen molar-refractivity contribution in [3.63, 3.8) is 0 Å². The SMILES string of the molecule is O=C(CCc1ccccc1)Nc1cccc(-c2cnc3n2CCC3)c1. The van der Waals surface area contributed by atoms with E-state index < -0.39 is 0 Å². The zero-order chi connectivity index (χ0) is 17.1. The predicted molar refractivity (Wildman–Crippen MR) is 99.4 cm³/mol. The van der Waals surface area contributed by atoms with Gasteiger partial charge in [0, 0.05) is 30.6 Å². The maximum absolute atomic E-state index is 12.2. The van der Waals surface area contributed by atoms with Gasteiger partial charge in [0.2, 0.25) is 5.91 Å². The lowest BCUT2D eigenvalue weighted by molar-refractivity contribution is -0.116. The third-order valence-corrected chi connectivity index (χ3v) is 4.65. The molecule has 0 saturated carbocycles. The number of nitrogens with one attached hydrogen (secondary N) is 1. The van der Waals surface area contributed by atoms with E-state index in [9.17, 15) is 4.79 Å². The highest BCUT2D eigenvalue weighted by Crippen LogP contribution is 2.27. The van der Waals surface area contributed by atoms with Crippen molar-refractivity contribution in [2.24, 2.45) is 0 Å². The predicted octanol–water partition coefficient (Wildman–Crippen LogP) is 4.07. The number of hydrogen-bond acceptors (Lipinski definition) is 2. The standard InChI is InChI=1S/C21H21N3O/c25-21(12-11-16-6-2-1-3-7-16)23-18-9-4-8-17(14-18)19-15-22-20-10-5-13-24(19)20/h1-4,6-9,14-15H,5,10-13H2,(H,23,25). The summed E-state index contributed by atoms with van der Waals surface area (Å²) in [6, 6.07) is 18.1. The Balaban J connectivity index is 1.43. The molecule has 1 amide bonds. The van der Waals surface area contributed by atoms with Gasteiger partial charge in [-0.15, -0.1) is 0 Å². The second-order valence-corrected chi connectivity index (χ2v) is 6.43. The third-order valence-electron chi connectivity index (χ3n) is 4.65. The molecule has 0 unspecified atom stereocenters. The van der Waals surface area contributed by atoms with Crippen LogP contribution in [0.2, 0.25) is 0 Å². The molecule has 0 bridgehead atoms. The summed E-state index contributed by atoms with van der Waals surface area (Å²) in [6.07, 6.45) is 5.38. The number of anilines is 1. The summed E-state index contributed by atoms with van der Waals surface area (Å²) in [7, 11) is 0. The smallest absolute Gasteiger partial charge is 0.224 e. The van der Waals surface area contributed by atoms with Gasteiger partial charge in [0.05, 0.1) is 11.9 Å². The Bertz CT molecular complexity index is 883. The molecule has 0 fully saturated rings. The van der Waals surface area contributed by atoms with Crippen molar-refractivity contribution in [1.29, 1.82) is 0 Å². The van der Waals surface area contributed by atoms with E-state index in [0.29, 0.717) is 6.42 Å². The van der Waals surface area contributed by atoms with E-state index in [1.807, 2.05) is 54.7 Å². The number of amides is 1. The number of aryl methyl sites for hydroxylation is 2. The van der Waals surface area contributed by atoms with Crippen molar-refractivity contribution in [1.82, 2.24) is 9.55 Å². The van der Waals surface area contributed by atoms with Crippen molar-refractivity contribution in [3.05, 3.63) is 72.2 Å². The summed E-state index contributed by atoms with van der Waals surface area (Å²) >= 11 is 0. The molecule has 0 spiro atoms. The average Bonchev–Trinajstić information content (AvgIpc) is 3.25. The van der Waals surface area contributed by atoms with E-state index in [2.05, 4.69) is 20.9 Å². The Morgan fingerprint density at radius 1 is 1.12 bits per heavy atom. The monoisotopic (exact) mass is 331 g/mol. The highest BCUT2D eigenvalue weighted by Gasteiger charge is 2.16. The quantitative estimate of drug-likeness (QED) is 0.766. The summed E-state index contributed by atoms with van der Waals surface area (Å²) in [5.41, 5.74) is 4.25. The number of rotatable bonds is 5. The number of aromatic nitrogens is 2. The van der Waals surface area contributed by atoms with Crippen LogP contribution in [0.4, 0.5) is 5.69 Å². The summed E-state index contributed by atoms with van der Waals surface area (Å²) in [4.78, 5) is 16.7. The van der Waals surface area contributed by atoms with E-state index >= 15 is 0 Å². The number of imidazole rings is 1. The Morgan fingerprint density at radius 3 is 2.88 bits per heavy atom. The van der Waals surface area contributed by atoms with E-state index in [0.717, 1.165) is 48.6 Å². The van der Waals surface area contributed by atoms with Crippen LogP contribution in [-0.2, 0) is 24.2 Å². The highest BCUT2D eigenvalue weighted by molar-refractivity contribution is 5.91. The van der Waals surface area contributed by atoms with Gasteiger partial charge in [-0.05, 0) is 30.5 Å². The van der Waals surface area contributed by atoms with Crippen LogP contribution < -0.4 is 5.32 Å². The van der Waals surface area contributed by atoms with E-state index in [1.165, 1.54) is 5.56 Å². The molecule has 0 radical (unpaired) electrons. The number of hydrogen-bond donors (Lipinski definition) is 1. The van der Waals surface area contributed by atoms with Crippen LogP contribution in [0, 0.1) is 0 Å². The fourth-order valence-electron chi connectivity index (χ4n) is 3.37. The average molecular weight is 331 g/mol. The molecule has 0 atom stereocenters. The second kappa shape index (κ2) is 6.93. The molecule has 126 valence electrons. The van der Waals surface area contributed by atoms with Gasteiger partial charge in [0.15, 0.2) is 0 Å². The second-order valence-electron chi connectivity index (χ2n) is 6.43. The zero-order valence-electron chi connectivity index (χ0n) is 14.1. The lowest BCUT2D eigenvalue weighted by atomic mass is 10.1. The molecule has 3 aromatic rings. The van der Waals surface area contributed by atoms with Gasteiger partial charge in [-0.2, -0.15) is 0 Å². The lowest BCUT2D eigenvalue weighted by Gasteiger charge is -2.09. The first-order valence-electron chi connectivity index (χ1n) is 8.78. The molecule has 4 rings (SSSR count). The number of carbonyl (C=O) groups is 1. The molecule has 2 aromatic carbocycles. The van der Waals surface area contributed by atoms with Crippen molar-refractivity contribution >= 4 is 11.6 Å². The molecule has 25 heavy (non-hydrogen) atoms. The van der Waals surface area contributed by atoms with Gasteiger partial charge >= 0.3 is 0 Å². The molecule has 0 aliphatic carbocycles. The molecule has 1 aliphatic heterocycles. The van der Waals surface area contributed by atoms with Crippen LogP contribution in [0.1, 0.15) is 24.2 Å². The molecule has 0 saturated heterocycles. The topological polar surface area (TPSA) is 46.9 Å². The van der Waals surface area contributed by atoms with Gasteiger partial charge in [0.1, 0.15) is 5.82 Å². The largest absolute Gasteiger partial charge is 0.328 e. The van der Waals surface area contributed by atoms with Crippen molar-refractivity contribution in [3.8, 4) is 11.3 Å². The Morgan fingerprint density at radius 2 is 2.00 bits per heavy atom. The van der Waals surface area contributed by atoms with E-state index in [4.69, 9.17) is 0 Å². The minimum absolute atomic E-state index is 0.0412. The molecule has 1 aliphatic rings. The number of fused-ring (bicyclic) bond motifs is 1. The van der Waals surface area contributed by atoms with Crippen LogP contribution in [0.3, 0.4) is 0 Å². The molecule has 4 nitrogen and oxygen atoms in total. The zero-order valence-corrected chi connectivity index (χ0v) is 14.1. The maximum Gasteiger partial charge on any atom is 0.224 e. The van der Waals surface area contributed by atoms with Crippen molar-refractivity contribution < 1.29 is 4.79 Å². The van der Waals surface area contributed by atoms with Crippen LogP contribution in [-0.4, -0.2) is 15.5 Å². The van der Waals surface area contributed by atoms with Gasteiger partial charge in [-0.25, -0.2) is 4.98 Å². The maximum atomic E-state index is 12.2. The van der Waals surface area contributed by atoms with E-state index in [1.54, 1.807) is 0 Å². The fraction of sp³-hybridized carbons (Fsp3) is 0.238. The number of nitrogens with zero attached hydrogens (tertiary/aromatic N) is 2. The molecule has 1 aromatic heterocycles. The first-order chi connectivity index (χ1) is 12.3. The first kappa shape index (κ1) is 15.6. The van der Waals surface area contributed by atoms with Crippen molar-refractivity contribution in [2.45, 2.75) is 32.2 Å². The van der Waals surface area contributed by atoms with Crippen LogP contribution in [0.25, 0.3) is 11.3 Å². The molecule has 2 heterocycles. The Hall–Kier alpha value is -2.88. The highest BCUT2D eigenvalue weighted by atomic mass is 16.1. The van der Waals surface area contributed by atoms with Gasteiger partial charge in [-0.3, -0.25) is 4.79 Å². The van der Waals surface area contributed by atoms with Gasteiger partial charge in [0.25, 0.3) is 0 Å².